The second kappa shape index (κ2) is 10.3. The molecule has 3 aromatic rings. The van der Waals surface area contributed by atoms with Crippen LogP contribution in [0.3, 0.4) is 0 Å². The van der Waals surface area contributed by atoms with Gasteiger partial charge < -0.3 is 14.0 Å². The molecule has 0 atom stereocenters. The Bertz CT molecular complexity index is 1390. The number of nitrogens with zero attached hydrogens (tertiary/aromatic N) is 4. The van der Waals surface area contributed by atoms with Gasteiger partial charge in [0.1, 0.15) is 11.5 Å². The molecular weight excluding hydrogens is 480 g/mol. The number of hydrogen-bond donors (Lipinski definition) is 0. The van der Waals surface area contributed by atoms with Gasteiger partial charge in [-0.15, -0.1) is 0 Å². The summed E-state index contributed by atoms with van der Waals surface area (Å²) in [5.74, 6) is 1.13. The molecule has 1 aliphatic rings. The molecule has 36 heavy (non-hydrogen) atoms. The minimum atomic E-state index is -0.434. The first-order valence-electron chi connectivity index (χ1n) is 11.2. The van der Waals surface area contributed by atoms with Crippen LogP contribution in [0, 0.1) is 24.0 Å². The first kappa shape index (κ1) is 25.1. The molecule has 186 valence electrons. The molecule has 0 bridgehead atoms. The Hall–Kier alpha value is -4.05. The zero-order chi connectivity index (χ0) is 26.0. The van der Waals surface area contributed by atoms with Gasteiger partial charge in [-0.05, 0) is 80.6 Å². The molecule has 1 saturated heterocycles. The molecule has 1 amide bonds. The van der Waals surface area contributed by atoms with Gasteiger partial charge in [0.05, 0.1) is 35.4 Å². The van der Waals surface area contributed by atoms with Crippen molar-refractivity contribution in [1.29, 1.82) is 0 Å². The predicted octanol–water partition coefficient (Wildman–Crippen LogP) is 5.64. The van der Waals surface area contributed by atoms with Crippen molar-refractivity contribution in [2.75, 3.05) is 20.8 Å². The van der Waals surface area contributed by atoms with Crippen molar-refractivity contribution in [2.45, 2.75) is 20.8 Å². The molecule has 0 unspecified atom stereocenters. The third kappa shape index (κ3) is 4.72. The molecule has 1 aliphatic heterocycles. The number of rotatable bonds is 7. The van der Waals surface area contributed by atoms with E-state index in [-0.39, 0.29) is 11.6 Å². The van der Waals surface area contributed by atoms with Crippen LogP contribution in [0.4, 0.5) is 11.4 Å². The zero-order valence-corrected chi connectivity index (χ0v) is 21.5. The summed E-state index contributed by atoms with van der Waals surface area (Å²) in [7, 11) is 3.13. The normalized spacial score (nSPS) is 15.7. The third-order valence-corrected chi connectivity index (χ3v) is 6.88. The lowest BCUT2D eigenvalue weighted by atomic mass is 10.2. The number of aryl methyl sites for hydroxylation is 1. The maximum Gasteiger partial charge on any atom is 0.271 e. The first-order chi connectivity index (χ1) is 17.3. The Kier molecular flexibility index (Phi) is 7.16. The molecule has 1 aromatic heterocycles. The van der Waals surface area contributed by atoms with E-state index in [0.29, 0.717) is 28.1 Å². The summed E-state index contributed by atoms with van der Waals surface area (Å²) in [6.45, 7) is 6.21. The van der Waals surface area contributed by atoms with Gasteiger partial charge in [0.2, 0.25) is 0 Å². The van der Waals surface area contributed by atoms with Crippen LogP contribution < -0.4 is 9.47 Å². The SMILES string of the molecule is CCN1C(=O)/C(=C\c2cc(C)n(-c3cc([N+](=O)[O-])ccc3OC)c2C)SC1=Nc1ccc(OC)cc1. The summed E-state index contributed by atoms with van der Waals surface area (Å²) >= 11 is 1.32. The number of nitro benzene ring substituents is 1. The quantitative estimate of drug-likeness (QED) is 0.233. The molecule has 4 rings (SSSR count). The summed E-state index contributed by atoms with van der Waals surface area (Å²) in [6.07, 6.45) is 1.84. The largest absolute Gasteiger partial charge is 0.497 e. The van der Waals surface area contributed by atoms with Crippen LogP contribution >= 0.6 is 11.8 Å². The molecule has 9 nitrogen and oxygen atoms in total. The number of ether oxygens (including phenoxy) is 2. The maximum atomic E-state index is 13.2. The van der Waals surface area contributed by atoms with Crippen LogP contribution in [-0.4, -0.2) is 46.2 Å². The van der Waals surface area contributed by atoms with Crippen LogP contribution in [0.15, 0.2) is 58.4 Å². The molecule has 0 N–H and O–H groups in total. The molecule has 0 aliphatic carbocycles. The fourth-order valence-electron chi connectivity index (χ4n) is 4.05. The third-order valence-electron chi connectivity index (χ3n) is 5.87. The van der Waals surface area contributed by atoms with Crippen LogP contribution in [0.2, 0.25) is 0 Å². The van der Waals surface area contributed by atoms with E-state index in [1.807, 2.05) is 61.7 Å². The number of benzene rings is 2. The number of thioether (sulfide) groups is 1. The number of likely N-dealkylation sites (N-methyl/N-ethyl adjacent to an activating group) is 1. The lowest BCUT2D eigenvalue weighted by Crippen LogP contribution is -2.28. The van der Waals surface area contributed by atoms with E-state index >= 15 is 0 Å². The van der Waals surface area contributed by atoms with Crippen molar-refractivity contribution in [1.82, 2.24) is 9.47 Å². The van der Waals surface area contributed by atoms with Crippen molar-refractivity contribution < 1.29 is 19.2 Å². The predicted molar refractivity (Wildman–Crippen MR) is 141 cm³/mol. The Morgan fingerprint density at radius 1 is 1.08 bits per heavy atom. The summed E-state index contributed by atoms with van der Waals surface area (Å²) in [5, 5.41) is 12.0. The number of carbonyl (C=O) groups is 1. The number of non-ortho nitro benzene ring substituents is 1. The van der Waals surface area contributed by atoms with E-state index in [1.54, 1.807) is 18.1 Å². The lowest BCUT2D eigenvalue weighted by Gasteiger charge is -2.14. The van der Waals surface area contributed by atoms with Crippen molar-refractivity contribution >= 4 is 40.3 Å². The van der Waals surface area contributed by atoms with E-state index in [0.717, 1.165) is 28.4 Å². The van der Waals surface area contributed by atoms with Gasteiger partial charge in [0.15, 0.2) is 5.17 Å². The highest BCUT2D eigenvalue weighted by atomic mass is 32.2. The van der Waals surface area contributed by atoms with Crippen molar-refractivity contribution in [3.05, 3.63) is 80.5 Å². The van der Waals surface area contributed by atoms with Gasteiger partial charge in [-0.3, -0.25) is 19.8 Å². The minimum Gasteiger partial charge on any atom is -0.497 e. The number of nitro groups is 1. The van der Waals surface area contributed by atoms with Gasteiger partial charge in [-0.1, -0.05) is 0 Å². The van der Waals surface area contributed by atoms with E-state index in [1.165, 1.54) is 31.0 Å². The second-order valence-corrected chi connectivity index (χ2v) is 9.04. The molecule has 1 fully saturated rings. The number of carbonyl (C=O) groups excluding carboxylic acids is 1. The monoisotopic (exact) mass is 506 g/mol. The maximum absolute atomic E-state index is 13.2. The molecule has 10 heteroatoms. The average Bonchev–Trinajstić information content (AvgIpc) is 3.32. The first-order valence-corrected chi connectivity index (χ1v) is 12.0. The number of aromatic nitrogens is 1. The fraction of sp³-hybridized carbons (Fsp3) is 0.231. The van der Waals surface area contributed by atoms with Gasteiger partial charge in [-0.25, -0.2) is 4.99 Å². The van der Waals surface area contributed by atoms with E-state index in [2.05, 4.69) is 4.99 Å². The van der Waals surface area contributed by atoms with Crippen LogP contribution in [0.25, 0.3) is 11.8 Å². The van der Waals surface area contributed by atoms with Crippen molar-refractivity contribution in [3.63, 3.8) is 0 Å². The van der Waals surface area contributed by atoms with Crippen LogP contribution in [0.5, 0.6) is 11.5 Å². The number of hydrogen-bond acceptors (Lipinski definition) is 7. The standard InChI is InChI=1S/C26H26N4O5S/c1-6-28-25(31)24(36-26(28)27-19-7-10-21(34-4)11-8-19)14-18-13-16(2)29(17(18)3)22-15-20(30(32)33)9-12-23(22)35-5/h7-15H,6H2,1-5H3/b24-14+,27-26?. The Morgan fingerprint density at radius 2 is 1.81 bits per heavy atom. The van der Waals surface area contributed by atoms with Gasteiger partial charge in [0.25, 0.3) is 11.6 Å². The fourth-order valence-corrected chi connectivity index (χ4v) is 5.10. The molecule has 2 aromatic carbocycles. The topological polar surface area (TPSA) is 99.2 Å². The summed E-state index contributed by atoms with van der Waals surface area (Å²) in [5.41, 5.74) is 3.77. The number of amidine groups is 1. The van der Waals surface area contributed by atoms with E-state index < -0.39 is 4.92 Å². The van der Waals surface area contributed by atoms with Gasteiger partial charge in [0, 0.05) is 30.1 Å². The van der Waals surface area contributed by atoms with E-state index in [9.17, 15) is 14.9 Å². The van der Waals surface area contributed by atoms with Crippen molar-refractivity contribution in [3.8, 4) is 17.2 Å². The lowest BCUT2D eigenvalue weighted by molar-refractivity contribution is -0.384. The number of methoxy groups -OCH3 is 2. The average molecular weight is 507 g/mol. The summed E-state index contributed by atoms with van der Waals surface area (Å²) in [6, 6.07) is 13.8. The minimum absolute atomic E-state index is 0.0299. The smallest absolute Gasteiger partial charge is 0.271 e. The highest BCUT2D eigenvalue weighted by molar-refractivity contribution is 8.18. The molecular formula is C26H26N4O5S. The van der Waals surface area contributed by atoms with Crippen molar-refractivity contribution in [2.24, 2.45) is 4.99 Å². The highest BCUT2D eigenvalue weighted by Crippen LogP contribution is 2.37. The zero-order valence-electron chi connectivity index (χ0n) is 20.6. The summed E-state index contributed by atoms with van der Waals surface area (Å²) in [4.78, 5) is 31.0. The van der Waals surface area contributed by atoms with E-state index in [4.69, 9.17) is 9.47 Å². The molecule has 2 heterocycles. The van der Waals surface area contributed by atoms with Crippen LogP contribution in [-0.2, 0) is 4.79 Å². The summed E-state index contributed by atoms with van der Waals surface area (Å²) < 4.78 is 12.6. The Balaban J connectivity index is 1.72. The molecule has 0 saturated carbocycles. The van der Waals surface area contributed by atoms with Crippen LogP contribution in [0.1, 0.15) is 23.9 Å². The molecule has 0 radical (unpaired) electrons. The number of aliphatic imine (C=N–C) groups is 1. The molecule has 0 spiro atoms. The number of amides is 1. The van der Waals surface area contributed by atoms with Gasteiger partial charge in [-0.2, -0.15) is 0 Å². The Labute approximate surface area is 213 Å². The highest BCUT2D eigenvalue weighted by Gasteiger charge is 2.32. The van der Waals surface area contributed by atoms with Gasteiger partial charge >= 0.3 is 0 Å². The Morgan fingerprint density at radius 3 is 2.42 bits per heavy atom. The second-order valence-electron chi connectivity index (χ2n) is 8.03.